The van der Waals surface area contributed by atoms with Crippen LogP contribution in [0.2, 0.25) is 0 Å². The normalized spacial score (nSPS) is 10.9. The monoisotopic (exact) mass is 312 g/mol. The van der Waals surface area contributed by atoms with Gasteiger partial charge in [-0.1, -0.05) is 0 Å². The Morgan fingerprint density at radius 1 is 1.13 bits per heavy atom. The lowest BCUT2D eigenvalue weighted by Crippen LogP contribution is -1.98. The molecule has 23 heavy (non-hydrogen) atoms. The van der Waals surface area contributed by atoms with E-state index in [4.69, 9.17) is 5.73 Å². The number of non-ortho nitro benzene ring substituents is 1. The summed E-state index contributed by atoms with van der Waals surface area (Å²) in [4.78, 5) is 10.4. The molecule has 1 aromatic carbocycles. The first-order valence-corrected chi connectivity index (χ1v) is 6.97. The van der Waals surface area contributed by atoms with Crippen molar-refractivity contribution in [3.63, 3.8) is 0 Å². The van der Waals surface area contributed by atoms with Crippen molar-refractivity contribution in [2.45, 2.75) is 6.92 Å². The molecule has 0 aliphatic heterocycles. The molecule has 0 saturated heterocycles. The van der Waals surface area contributed by atoms with Crippen molar-refractivity contribution in [1.29, 1.82) is 0 Å². The van der Waals surface area contributed by atoms with Gasteiger partial charge in [0.25, 0.3) is 5.69 Å². The summed E-state index contributed by atoms with van der Waals surface area (Å²) in [6.07, 6.45) is 0. The lowest BCUT2D eigenvalue weighted by Gasteiger charge is -2.03. The zero-order chi connectivity index (χ0) is 16.7. The molecular weight excluding hydrogens is 296 g/mol. The molecule has 0 aliphatic rings. The van der Waals surface area contributed by atoms with E-state index < -0.39 is 4.92 Å². The lowest BCUT2D eigenvalue weighted by molar-refractivity contribution is -0.384. The minimum atomic E-state index is -0.431. The highest BCUT2D eigenvalue weighted by atomic mass is 16.6. The van der Waals surface area contributed by atoms with Gasteiger partial charge in [0.15, 0.2) is 0 Å². The summed E-state index contributed by atoms with van der Waals surface area (Å²) in [6.45, 7) is 1.95. The fourth-order valence-electron chi connectivity index (χ4n) is 2.43. The largest absolute Gasteiger partial charge is 0.383 e. The van der Waals surface area contributed by atoms with Crippen LogP contribution < -0.4 is 5.73 Å². The van der Waals surface area contributed by atoms with Gasteiger partial charge in [-0.05, 0) is 30.7 Å². The van der Waals surface area contributed by atoms with Gasteiger partial charge in [-0.15, -0.1) is 0 Å². The summed E-state index contributed by atoms with van der Waals surface area (Å²) in [5.41, 5.74) is 10.0. The number of nitrogen functional groups attached to an aromatic ring is 1. The van der Waals surface area contributed by atoms with Crippen molar-refractivity contribution in [3.8, 4) is 22.5 Å². The number of hydrogen-bond acceptors (Lipinski definition) is 5. The summed E-state index contributed by atoms with van der Waals surface area (Å²) in [5.74, 6) is 0.483. The van der Waals surface area contributed by atoms with Crippen LogP contribution in [0.3, 0.4) is 0 Å². The fourth-order valence-corrected chi connectivity index (χ4v) is 2.43. The molecule has 2 N–H and O–H groups in total. The van der Waals surface area contributed by atoms with E-state index in [1.54, 1.807) is 28.5 Å². The number of benzene rings is 1. The summed E-state index contributed by atoms with van der Waals surface area (Å²) in [7, 11) is 3.61. The second kappa shape index (κ2) is 5.24. The average Bonchev–Trinajstić information content (AvgIpc) is 3.00. The number of nitro benzene ring substituents is 1. The Hall–Kier alpha value is -3.16. The number of aromatic nitrogens is 4. The van der Waals surface area contributed by atoms with Gasteiger partial charge in [-0.2, -0.15) is 10.2 Å². The summed E-state index contributed by atoms with van der Waals surface area (Å²) in [5, 5.41) is 19.7. The van der Waals surface area contributed by atoms with Crippen LogP contribution in [-0.2, 0) is 14.1 Å². The van der Waals surface area contributed by atoms with Crippen LogP contribution in [0.4, 0.5) is 11.5 Å². The molecule has 2 aromatic heterocycles. The molecule has 2 heterocycles. The SMILES string of the molecule is Cc1cc(-c2nn(C)c(N)c2-c2ccc([N+](=O)[O-])cc2)nn1C. The summed E-state index contributed by atoms with van der Waals surface area (Å²) in [6, 6.07) is 8.18. The molecule has 3 aromatic rings. The van der Waals surface area contributed by atoms with Gasteiger partial charge in [-0.3, -0.25) is 19.5 Å². The van der Waals surface area contributed by atoms with E-state index in [-0.39, 0.29) is 5.69 Å². The second-order valence-electron chi connectivity index (χ2n) is 5.33. The number of hydrogen-bond donors (Lipinski definition) is 1. The molecule has 0 bridgehead atoms. The van der Waals surface area contributed by atoms with Crippen molar-refractivity contribution >= 4 is 11.5 Å². The van der Waals surface area contributed by atoms with Crippen LogP contribution in [0.1, 0.15) is 5.69 Å². The molecule has 0 radical (unpaired) electrons. The van der Waals surface area contributed by atoms with Crippen LogP contribution in [0, 0.1) is 17.0 Å². The minimum Gasteiger partial charge on any atom is -0.383 e. The third-order valence-corrected chi connectivity index (χ3v) is 3.81. The molecule has 0 amide bonds. The first-order chi connectivity index (χ1) is 10.9. The molecule has 0 atom stereocenters. The molecule has 0 saturated carbocycles. The van der Waals surface area contributed by atoms with Crippen molar-refractivity contribution in [1.82, 2.24) is 19.6 Å². The van der Waals surface area contributed by atoms with Crippen LogP contribution in [-0.4, -0.2) is 24.5 Å². The van der Waals surface area contributed by atoms with Gasteiger partial charge in [0.1, 0.15) is 17.2 Å². The van der Waals surface area contributed by atoms with E-state index in [2.05, 4.69) is 10.2 Å². The van der Waals surface area contributed by atoms with Crippen molar-refractivity contribution < 1.29 is 4.92 Å². The van der Waals surface area contributed by atoms with Crippen LogP contribution >= 0.6 is 0 Å². The van der Waals surface area contributed by atoms with Crippen LogP contribution in [0.5, 0.6) is 0 Å². The van der Waals surface area contributed by atoms with E-state index in [1.165, 1.54) is 12.1 Å². The minimum absolute atomic E-state index is 0.0337. The highest BCUT2D eigenvalue weighted by molar-refractivity contribution is 5.87. The molecule has 0 fully saturated rings. The number of nitrogens with two attached hydrogens (primary N) is 1. The smallest absolute Gasteiger partial charge is 0.269 e. The lowest BCUT2D eigenvalue weighted by atomic mass is 10.0. The maximum absolute atomic E-state index is 10.8. The maximum Gasteiger partial charge on any atom is 0.269 e. The number of nitrogens with zero attached hydrogens (tertiary/aromatic N) is 5. The predicted molar refractivity (Wildman–Crippen MR) is 86.6 cm³/mol. The van der Waals surface area contributed by atoms with Gasteiger partial charge in [0, 0.05) is 31.9 Å². The van der Waals surface area contributed by atoms with Gasteiger partial charge in [0.05, 0.1) is 10.5 Å². The van der Waals surface area contributed by atoms with Gasteiger partial charge in [0.2, 0.25) is 0 Å². The standard InChI is InChI=1S/C15H16N6O2/c1-9-8-12(17-19(9)2)14-13(15(16)20(3)18-14)10-4-6-11(7-5-10)21(22)23/h4-8H,16H2,1-3H3. The number of anilines is 1. The fraction of sp³-hybridized carbons (Fsp3) is 0.200. The molecule has 0 spiro atoms. The quantitative estimate of drug-likeness (QED) is 0.590. The first kappa shape index (κ1) is 14.8. The Labute approximate surface area is 132 Å². The Morgan fingerprint density at radius 2 is 1.78 bits per heavy atom. The average molecular weight is 312 g/mol. The topological polar surface area (TPSA) is 105 Å². The Kier molecular flexibility index (Phi) is 3.36. The number of nitro groups is 1. The zero-order valence-corrected chi connectivity index (χ0v) is 13.0. The molecule has 118 valence electrons. The van der Waals surface area contributed by atoms with E-state index in [1.807, 2.05) is 20.0 Å². The molecule has 0 aliphatic carbocycles. The number of aryl methyl sites for hydroxylation is 3. The molecule has 8 heteroatoms. The summed E-state index contributed by atoms with van der Waals surface area (Å²) < 4.78 is 3.34. The van der Waals surface area contributed by atoms with Gasteiger partial charge >= 0.3 is 0 Å². The van der Waals surface area contributed by atoms with E-state index in [0.29, 0.717) is 17.2 Å². The number of rotatable bonds is 3. The highest BCUT2D eigenvalue weighted by Crippen LogP contribution is 2.36. The van der Waals surface area contributed by atoms with Crippen LogP contribution in [0.15, 0.2) is 30.3 Å². The van der Waals surface area contributed by atoms with Crippen molar-refractivity contribution in [2.24, 2.45) is 14.1 Å². The highest BCUT2D eigenvalue weighted by Gasteiger charge is 2.20. The van der Waals surface area contributed by atoms with Crippen molar-refractivity contribution in [3.05, 3.63) is 46.1 Å². The Balaban J connectivity index is 2.17. The maximum atomic E-state index is 10.8. The third kappa shape index (κ3) is 2.44. The molecule has 0 unspecified atom stereocenters. The molecule has 8 nitrogen and oxygen atoms in total. The Bertz CT molecular complexity index is 872. The summed E-state index contributed by atoms with van der Waals surface area (Å²) >= 11 is 0. The van der Waals surface area contributed by atoms with Gasteiger partial charge < -0.3 is 5.73 Å². The van der Waals surface area contributed by atoms with E-state index >= 15 is 0 Å². The molecular formula is C15H16N6O2. The zero-order valence-electron chi connectivity index (χ0n) is 13.0. The third-order valence-electron chi connectivity index (χ3n) is 3.81. The van der Waals surface area contributed by atoms with Crippen molar-refractivity contribution in [2.75, 3.05) is 5.73 Å². The van der Waals surface area contributed by atoms with Gasteiger partial charge in [-0.25, -0.2) is 0 Å². The second-order valence-corrected chi connectivity index (χ2v) is 5.33. The van der Waals surface area contributed by atoms with E-state index in [0.717, 1.165) is 16.8 Å². The molecule has 3 rings (SSSR count). The first-order valence-electron chi connectivity index (χ1n) is 6.97. The van der Waals surface area contributed by atoms with E-state index in [9.17, 15) is 10.1 Å². The Morgan fingerprint density at radius 3 is 2.30 bits per heavy atom. The predicted octanol–water partition coefficient (Wildman–Crippen LogP) is 2.29. The van der Waals surface area contributed by atoms with Crippen LogP contribution in [0.25, 0.3) is 22.5 Å².